The van der Waals surface area contributed by atoms with Crippen molar-refractivity contribution in [2.24, 2.45) is 0 Å². The fraction of sp³-hybridized carbons (Fsp3) is 0.150. The molecule has 0 aliphatic carbocycles. The van der Waals surface area contributed by atoms with Gasteiger partial charge in [-0.3, -0.25) is 10.1 Å². The molecule has 2 heterocycles. The Kier molecular flexibility index (Phi) is 5.89. The summed E-state index contributed by atoms with van der Waals surface area (Å²) < 4.78 is 12.1. The van der Waals surface area contributed by atoms with E-state index >= 15 is 0 Å². The summed E-state index contributed by atoms with van der Waals surface area (Å²) >= 11 is 2.90. The van der Waals surface area contributed by atoms with Gasteiger partial charge in [-0.25, -0.2) is 0 Å². The number of ether oxygens (including phenoxy) is 2. The van der Waals surface area contributed by atoms with Crippen LogP contribution in [0.1, 0.15) is 5.56 Å². The molecule has 142 valence electrons. The number of aromatic nitrogens is 2. The van der Waals surface area contributed by atoms with E-state index < -0.39 is 6.10 Å². The van der Waals surface area contributed by atoms with Crippen LogP contribution in [-0.4, -0.2) is 34.6 Å². The van der Waals surface area contributed by atoms with Crippen LogP contribution < -0.4 is 14.8 Å². The second-order valence-electron chi connectivity index (χ2n) is 5.85. The molecule has 0 spiro atoms. The van der Waals surface area contributed by atoms with Gasteiger partial charge < -0.3 is 9.47 Å². The van der Waals surface area contributed by atoms with Gasteiger partial charge in [-0.1, -0.05) is 77.7 Å². The molecule has 0 saturated heterocycles. The first kappa shape index (κ1) is 18.5. The summed E-state index contributed by atoms with van der Waals surface area (Å²) in [5.74, 6) is 1.68. The summed E-state index contributed by atoms with van der Waals surface area (Å²) in [6.07, 6.45) is 3.42. The normalized spacial score (nSPS) is 15.5. The Morgan fingerprint density at radius 1 is 1.14 bits per heavy atom. The van der Waals surface area contributed by atoms with Crippen LogP contribution in [0.2, 0.25) is 0 Å². The van der Waals surface area contributed by atoms with Crippen LogP contribution in [0.25, 0.3) is 6.08 Å². The van der Waals surface area contributed by atoms with Crippen molar-refractivity contribution in [3.63, 3.8) is 0 Å². The van der Waals surface area contributed by atoms with Gasteiger partial charge in [-0.15, -0.1) is 10.2 Å². The van der Waals surface area contributed by atoms with Gasteiger partial charge in [0, 0.05) is 5.75 Å². The van der Waals surface area contributed by atoms with Crippen LogP contribution in [0.15, 0.2) is 65.0 Å². The predicted molar refractivity (Wildman–Crippen MR) is 111 cm³/mol. The molecule has 2 aromatic carbocycles. The molecule has 8 heteroatoms. The van der Waals surface area contributed by atoms with E-state index in [2.05, 4.69) is 39.8 Å². The molecule has 0 saturated carbocycles. The molecule has 1 aliphatic rings. The van der Waals surface area contributed by atoms with E-state index in [0.717, 1.165) is 15.7 Å². The highest BCUT2D eigenvalue weighted by Crippen LogP contribution is 2.31. The maximum atomic E-state index is 12.4. The summed E-state index contributed by atoms with van der Waals surface area (Å²) in [6, 6.07) is 17.4. The molecule has 6 nitrogen and oxygen atoms in total. The van der Waals surface area contributed by atoms with Crippen molar-refractivity contribution in [1.29, 1.82) is 0 Å². The summed E-state index contributed by atoms with van der Waals surface area (Å²) in [6.45, 7) is 0.160. The van der Waals surface area contributed by atoms with Crippen molar-refractivity contribution in [1.82, 2.24) is 10.2 Å². The number of benzene rings is 2. The van der Waals surface area contributed by atoms with Crippen molar-refractivity contribution in [3.05, 3.63) is 66.2 Å². The van der Waals surface area contributed by atoms with Crippen LogP contribution >= 0.6 is 23.1 Å². The number of anilines is 1. The average molecular weight is 412 g/mol. The van der Waals surface area contributed by atoms with Crippen molar-refractivity contribution < 1.29 is 14.3 Å². The van der Waals surface area contributed by atoms with Gasteiger partial charge in [0.25, 0.3) is 5.91 Å². The molecule has 0 radical (unpaired) electrons. The molecule has 1 unspecified atom stereocenters. The molecule has 1 atom stereocenters. The van der Waals surface area contributed by atoms with Crippen LogP contribution in [0, 0.1) is 0 Å². The lowest BCUT2D eigenvalue weighted by atomic mass is 10.2. The third-order valence-electron chi connectivity index (χ3n) is 3.85. The summed E-state index contributed by atoms with van der Waals surface area (Å²) in [7, 11) is 0. The second-order valence-corrected chi connectivity index (χ2v) is 8.10. The summed E-state index contributed by atoms with van der Waals surface area (Å²) in [4.78, 5) is 12.4. The standard InChI is InChI=1S/C20H17N3O3S2/c24-18(17-13-25-15-10-4-5-11-16(15)26-17)21-19-22-23-20(28-19)27-12-6-9-14-7-2-1-3-8-14/h1-11,17H,12-13H2,(H,21,22,24)/b9-6+. The molecular formula is C20H17N3O3S2. The Labute approximate surface area is 170 Å². The number of fused-ring (bicyclic) bond motifs is 1. The maximum Gasteiger partial charge on any atom is 0.270 e. The minimum Gasteiger partial charge on any atom is -0.485 e. The van der Waals surface area contributed by atoms with Crippen LogP contribution in [-0.2, 0) is 4.79 Å². The number of hydrogen-bond donors (Lipinski definition) is 1. The zero-order chi connectivity index (χ0) is 19.2. The molecule has 1 amide bonds. The lowest BCUT2D eigenvalue weighted by Gasteiger charge is -2.25. The number of para-hydroxylation sites is 2. The molecule has 1 aromatic heterocycles. The molecular weight excluding hydrogens is 394 g/mol. The third-order valence-corrected chi connectivity index (χ3v) is 5.78. The van der Waals surface area contributed by atoms with E-state index in [0.29, 0.717) is 16.6 Å². The molecule has 0 bridgehead atoms. The van der Waals surface area contributed by atoms with E-state index in [1.807, 2.05) is 36.4 Å². The summed E-state index contributed by atoms with van der Waals surface area (Å²) in [5.41, 5.74) is 1.16. The minimum atomic E-state index is -0.719. The molecule has 1 aliphatic heterocycles. The van der Waals surface area contributed by atoms with Gasteiger partial charge in [-0.05, 0) is 17.7 Å². The zero-order valence-electron chi connectivity index (χ0n) is 14.8. The summed E-state index contributed by atoms with van der Waals surface area (Å²) in [5, 5.41) is 11.3. The Morgan fingerprint density at radius 3 is 2.79 bits per heavy atom. The number of carbonyl (C=O) groups is 1. The first-order valence-corrected chi connectivity index (χ1v) is 10.5. The lowest BCUT2D eigenvalue weighted by molar-refractivity contribution is -0.125. The molecule has 28 heavy (non-hydrogen) atoms. The van der Waals surface area contributed by atoms with Crippen molar-refractivity contribution in [2.75, 3.05) is 17.7 Å². The first-order valence-electron chi connectivity index (χ1n) is 8.65. The number of nitrogens with one attached hydrogen (secondary N) is 1. The van der Waals surface area contributed by atoms with E-state index in [-0.39, 0.29) is 12.5 Å². The fourth-order valence-corrected chi connectivity index (χ4v) is 4.11. The van der Waals surface area contributed by atoms with Crippen LogP contribution in [0.3, 0.4) is 0 Å². The van der Waals surface area contributed by atoms with E-state index in [9.17, 15) is 4.79 Å². The monoisotopic (exact) mass is 411 g/mol. The number of thioether (sulfide) groups is 1. The van der Waals surface area contributed by atoms with Crippen molar-refractivity contribution >= 4 is 40.2 Å². The Bertz CT molecular complexity index is 976. The van der Waals surface area contributed by atoms with Crippen LogP contribution in [0.5, 0.6) is 11.5 Å². The minimum absolute atomic E-state index is 0.160. The SMILES string of the molecule is O=C(Nc1nnc(SC/C=C/c2ccccc2)s1)C1COc2ccccc2O1. The molecule has 0 fully saturated rings. The first-order chi connectivity index (χ1) is 13.8. The zero-order valence-corrected chi connectivity index (χ0v) is 16.4. The average Bonchev–Trinajstić information content (AvgIpc) is 3.19. The quantitative estimate of drug-likeness (QED) is 0.486. The van der Waals surface area contributed by atoms with Gasteiger partial charge in [-0.2, -0.15) is 0 Å². The van der Waals surface area contributed by atoms with Gasteiger partial charge >= 0.3 is 0 Å². The highest BCUT2D eigenvalue weighted by atomic mass is 32.2. The second kappa shape index (κ2) is 8.90. The number of nitrogens with zero attached hydrogens (tertiary/aromatic N) is 2. The lowest BCUT2D eigenvalue weighted by Crippen LogP contribution is -2.40. The molecule has 1 N–H and O–H groups in total. The van der Waals surface area contributed by atoms with E-state index in [1.165, 1.54) is 11.3 Å². The number of hydrogen-bond acceptors (Lipinski definition) is 7. The van der Waals surface area contributed by atoms with E-state index in [1.54, 1.807) is 17.8 Å². The van der Waals surface area contributed by atoms with Gasteiger partial charge in [0.2, 0.25) is 11.2 Å². The van der Waals surface area contributed by atoms with Crippen molar-refractivity contribution in [3.8, 4) is 11.5 Å². The Hall–Kier alpha value is -2.84. The van der Waals surface area contributed by atoms with Crippen LogP contribution in [0.4, 0.5) is 5.13 Å². The molecule has 3 aromatic rings. The smallest absolute Gasteiger partial charge is 0.270 e. The van der Waals surface area contributed by atoms with Crippen molar-refractivity contribution in [2.45, 2.75) is 10.4 Å². The Morgan fingerprint density at radius 2 is 1.93 bits per heavy atom. The maximum absolute atomic E-state index is 12.4. The third kappa shape index (κ3) is 4.71. The number of rotatable bonds is 6. The number of amides is 1. The Balaban J connectivity index is 1.28. The largest absolute Gasteiger partial charge is 0.485 e. The topological polar surface area (TPSA) is 73.3 Å². The van der Waals surface area contributed by atoms with Gasteiger partial charge in [0.05, 0.1) is 0 Å². The highest BCUT2D eigenvalue weighted by Gasteiger charge is 2.28. The fourth-order valence-electron chi connectivity index (χ4n) is 2.52. The van der Waals surface area contributed by atoms with E-state index in [4.69, 9.17) is 9.47 Å². The molecule has 4 rings (SSSR count). The van der Waals surface area contributed by atoms with Gasteiger partial charge in [0.1, 0.15) is 6.61 Å². The highest BCUT2D eigenvalue weighted by molar-refractivity contribution is 8.01. The van der Waals surface area contributed by atoms with Gasteiger partial charge in [0.15, 0.2) is 15.8 Å². The number of carbonyl (C=O) groups excluding carboxylic acids is 1. The predicted octanol–water partition coefficient (Wildman–Crippen LogP) is 4.12.